The fourth-order valence-electron chi connectivity index (χ4n) is 4.55. The maximum absolute atomic E-state index is 13.6. The molecule has 3 atom stereocenters. The Labute approximate surface area is 300 Å². The Hall–Kier alpha value is -2.19. The summed E-state index contributed by atoms with van der Waals surface area (Å²) in [4.78, 5) is 43.8. The number of aromatic nitrogens is 2. The van der Waals surface area contributed by atoms with E-state index in [4.69, 9.17) is 18.3 Å². The van der Waals surface area contributed by atoms with Crippen LogP contribution in [-0.4, -0.2) is 61.6 Å². The van der Waals surface area contributed by atoms with Crippen molar-refractivity contribution in [3.63, 3.8) is 0 Å². The Morgan fingerprint density at radius 3 is 2.19 bits per heavy atom. The van der Waals surface area contributed by atoms with Crippen LogP contribution in [0, 0.1) is 13.7 Å². The minimum Gasteiger partial charge on any atom is -0.443 e. The topological polar surface area (TPSA) is 135 Å². The number of ether oxygens (including phenoxy) is 2. The number of nitrogens with zero attached hydrogens (tertiary/aromatic N) is 4. The molecular weight excluding hydrogens is 763 g/mol. The molecule has 2 aromatic rings. The number of nitro benzene ring substituents is 1. The van der Waals surface area contributed by atoms with E-state index in [9.17, 15) is 19.7 Å². The zero-order chi connectivity index (χ0) is 36.6. The van der Waals surface area contributed by atoms with Gasteiger partial charge in [-0.2, -0.15) is 4.98 Å². The van der Waals surface area contributed by atoms with Gasteiger partial charge in [0.25, 0.3) is 5.69 Å². The Morgan fingerprint density at radius 2 is 1.67 bits per heavy atom. The van der Waals surface area contributed by atoms with Crippen LogP contribution in [0.15, 0.2) is 35.3 Å². The summed E-state index contributed by atoms with van der Waals surface area (Å²) < 4.78 is 27.6. The van der Waals surface area contributed by atoms with Gasteiger partial charge in [0.05, 0.1) is 24.2 Å². The monoisotopic (exact) mass is 816 g/mol. The summed E-state index contributed by atoms with van der Waals surface area (Å²) in [7, 11) is -4.31. The van der Waals surface area contributed by atoms with Crippen molar-refractivity contribution < 1.29 is 28.0 Å². The van der Waals surface area contributed by atoms with Crippen LogP contribution in [0.2, 0.25) is 36.3 Å². The quantitative estimate of drug-likeness (QED) is 0.100. The van der Waals surface area contributed by atoms with Crippen molar-refractivity contribution in [1.29, 1.82) is 0 Å². The molecule has 12 nitrogen and oxygen atoms in total. The van der Waals surface area contributed by atoms with Gasteiger partial charge in [-0.15, -0.1) is 0 Å². The van der Waals surface area contributed by atoms with Gasteiger partial charge in [0.15, 0.2) is 16.6 Å². The van der Waals surface area contributed by atoms with E-state index >= 15 is 0 Å². The van der Waals surface area contributed by atoms with Gasteiger partial charge in [0.2, 0.25) is 0 Å². The number of rotatable bonds is 10. The molecular formula is C33H53IN4O8Si2. The third kappa shape index (κ3) is 9.96. The second-order valence-electron chi connectivity index (χ2n) is 16.4. The minimum absolute atomic E-state index is 0.00299. The lowest BCUT2D eigenvalue weighted by Crippen LogP contribution is -2.48. The van der Waals surface area contributed by atoms with Crippen molar-refractivity contribution >= 4 is 56.8 Å². The molecule has 0 unspecified atom stereocenters. The van der Waals surface area contributed by atoms with Crippen LogP contribution < -0.4 is 10.6 Å². The fraction of sp³-hybridized carbons (Fsp3) is 0.667. The Kier molecular flexibility index (Phi) is 12.2. The lowest BCUT2D eigenvalue weighted by atomic mass is 10.1. The number of carbonyl (C=O) groups excluding carboxylic acids is 1. The Bertz CT molecular complexity index is 1550. The third-order valence-electron chi connectivity index (χ3n) is 9.44. The first-order valence-electron chi connectivity index (χ1n) is 16.2. The average molecular weight is 817 g/mol. The molecule has 1 aliphatic heterocycles. The Balaban J connectivity index is 1.98. The lowest BCUT2D eigenvalue weighted by Gasteiger charge is -2.40. The zero-order valence-electron chi connectivity index (χ0n) is 30.7. The van der Waals surface area contributed by atoms with Gasteiger partial charge in [0.1, 0.15) is 23.8 Å². The molecule has 1 fully saturated rings. The first-order valence-corrected chi connectivity index (χ1v) is 23.1. The molecule has 1 aromatic heterocycles. The number of halogens is 1. The SMILES string of the molecule is CC(C)(C)OC(=O)N(Cc1ccc(I)cc1[N+](=O)[O-])c1ccn([C@H]2C[C@@H](O[Si](C)(C)C(C)(C)C)[C@@H](CO[Si](C)(C)C(C)(C)C)O2)c(=O)n1. The highest BCUT2D eigenvalue weighted by molar-refractivity contribution is 14.1. The summed E-state index contributed by atoms with van der Waals surface area (Å²) in [5.74, 6) is 0.00299. The molecule has 0 radical (unpaired) electrons. The van der Waals surface area contributed by atoms with Crippen molar-refractivity contribution in [2.24, 2.45) is 0 Å². The second kappa shape index (κ2) is 14.6. The van der Waals surface area contributed by atoms with Crippen LogP contribution in [0.25, 0.3) is 0 Å². The number of hydrogen-bond donors (Lipinski definition) is 0. The predicted molar refractivity (Wildman–Crippen MR) is 200 cm³/mol. The minimum atomic E-state index is -2.21. The van der Waals surface area contributed by atoms with E-state index in [1.165, 1.54) is 22.9 Å². The summed E-state index contributed by atoms with van der Waals surface area (Å²) in [6.07, 6.45) is -0.202. The van der Waals surface area contributed by atoms with E-state index in [0.29, 0.717) is 16.6 Å². The first-order chi connectivity index (χ1) is 21.7. The number of benzene rings is 1. The highest BCUT2D eigenvalue weighted by Crippen LogP contribution is 2.42. The number of nitro groups is 1. The number of carbonyl (C=O) groups is 1. The van der Waals surface area contributed by atoms with Gasteiger partial charge in [0, 0.05) is 27.8 Å². The molecule has 48 heavy (non-hydrogen) atoms. The number of anilines is 1. The molecule has 1 amide bonds. The summed E-state index contributed by atoms with van der Waals surface area (Å²) >= 11 is 1.99. The molecule has 0 N–H and O–H groups in total. The molecule has 268 valence electrons. The number of hydrogen-bond acceptors (Lipinski definition) is 9. The average Bonchev–Trinajstić information content (AvgIpc) is 3.30. The lowest BCUT2D eigenvalue weighted by molar-refractivity contribution is -0.385. The van der Waals surface area contributed by atoms with Gasteiger partial charge < -0.3 is 18.3 Å². The smallest absolute Gasteiger partial charge is 0.416 e. The zero-order valence-corrected chi connectivity index (χ0v) is 34.8. The third-order valence-corrected chi connectivity index (χ3v) is 19.1. The largest absolute Gasteiger partial charge is 0.443 e. The highest BCUT2D eigenvalue weighted by atomic mass is 127. The summed E-state index contributed by atoms with van der Waals surface area (Å²) in [6, 6.07) is 6.25. The Morgan fingerprint density at radius 1 is 1.06 bits per heavy atom. The predicted octanol–water partition coefficient (Wildman–Crippen LogP) is 8.40. The van der Waals surface area contributed by atoms with E-state index in [2.05, 4.69) is 72.7 Å². The van der Waals surface area contributed by atoms with Gasteiger partial charge in [-0.25, -0.2) is 9.59 Å². The van der Waals surface area contributed by atoms with Crippen molar-refractivity contribution in [2.75, 3.05) is 11.5 Å². The van der Waals surface area contributed by atoms with Crippen molar-refractivity contribution in [3.8, 4) is 0 Å². The summed E-state index contributed by atoms with van der Waals surface area (Å²) in [5, 5.41) is 11.8. The summed E-state index contributed by atoms with van der Waals surface area (Å²) in [6.45, 7) is 27.1. The molecule has 1 saturated heterocycles. The van der Waals surface area contributed by atoms with E-state index in [-0.39, 0.29) is 39.8 Å². The standard InChI is InChI=1S/C33H53IN4O8Si2/c1-31(2,3)45-30(40)37(20-22-14-15-23(34)18-24(22)38(41)42)27-16-17-36(29(39)35-27)28-19-25(46-48(12,13)33(7,8)9)26(44-28)21-43-47(10,11)32(4,5)6/h14-18,25-26,28H,19-21H2,1-13H3/t25-,26-,28-/m1/s1. The van der Waals surface area contributed by atoms with Gasteiger partial charge in [-0.05, 0) is 97.8 Å². The molecule has 3 rings (SSSR count). The van der Waals surface area contributed by atoms with E-state index in [1.54, 1.807) is 32.9 Å². The molecule has 2 heterocycles. The maximum atomic E-state index is 13.6. The molecule has 15 heteroatoms. The van der Waals surface area contributed by atoms with Crippen molar-refractivity contribution in [2.45, 2.75) is 136 Å². The van der Waals surface area contributed by atoms with Crippen LogP contribution in [0.3, 0.4) is 0 Å². The van der Waals surface area contributed by atoms with Crippen molar-refractivity contribution in [1.82, 2.24) is 9.55 Å². The first kappa shape index (κ1) is 40.2. The fourth-order valence-corrected chi connectivity index (χ4v) is 7.39. The van der Waals surface area contributed by atoms with Crippen LogP contribution in [0.5, 0.6) is 0 Å². The van der Waals surface area contributed by atoms with Gasteiger partial charge in [-0.3, -0.25) is 19.6 Å². The van der Waals surface area contributed by atoms with Crippen LogP contribution >= 0.6 is 22.6 Å². The molecule has 0 aliphatic carbocycles. The molecule has 1 aliphatic rings. The second-order valence-corrected chi connectivity index (χ2v) is 27.2. The number of amides is 1. The molecule has 0 bridgehead atoms. The van der Waals surface area contributed by atoms with Gasteiger partial charge >= 0.3 is 11.8 Å². The van der Waals surface area contributed by atoms with Crippen LogP contribution in [0.4, 0.5) is 16.3 Å². The summed E-state index contributed by atoms with van der Waals surface area (Å²) in [5.41, 5.74) is -1.38. The highest BCUT2D eigenvalue weighted by Gasteiger charge is 2.47. The normalized spacial score (nSPS) is 19.3. The molecule has 0 saturated carbocycles. The van der Waals surface area contributed by atoms with Crippen molar-refractivity contribution in [3.05, 3.63) is 60.2 Å². The van der Waals surface area contributed by atoms with Crippen LogP contribution in [-0.2, 0) is 24.9 Å². The molecule has 0 spiro atoms. The van der Waals surface area contributed by atoms with E-state index in [0.717, 1.165) is 4.90 Å². The molecule has 1 aromatic carbocycles. The van der Waals surface area contributed by atoms with Crippen LogP contribution in [0.1, 0.15) is 80.5 Å². The van der Waals surface area contributed by atoms with Gasteiger partial charge in [-0.1, -0.05) is 41.5 Å². The van der Waals surface area contributed by atoms with E-state index in [1.807, 2.05) is 22.6 Å². The van der Waals surface area contributed by atoms with E-state index < -0.39 is 51.3 Å². The maximum Gasteiger partial charge on any atom is 0.416 e.